The molecule has 0 radical (unpaired) electrons. The first-order valence-corrected chi connectivity index (χ1v) is 7.80. The Bertz CT molecular complexity index is 621. The van der Waals surface area contributed by atoms with E-state index >= 15 is 0 Å². The molecule has 6 nitrogen and oxygen atoms in total. The van der Waals surface area contributed by atoms with Gasteiger partial charge in [-0.1, -0.05) is 15.9 Å². The zero-order chi connectivity index (χ0) is 17.8. The number of aromatic carboxylic acids is 1. The van der Waals surface area contributed by atoms with Gasteiger partial charge in [0.1, 0.15) is 5.60 Å². The Morgan fingerprint density at radius 1 is 1.17 bits per heavy atom. The Morgan fingerprint density at radius 3 is 2.26 bits per heavy atom. The maximum absolute atomic E-state index is 12.3. The molecule has 1 amide bonds. The van der Waals surface area contributed by atoms with Gasteiger partial charge in [-0.15, -0.1) is 0 Å². The van der Waals surface area contributed by atoms with Crippen molar-refractivity contribution in [3.05, 3.63) is 33.8 Å². The van der Waals surface area contributed by atoms with Gasteiger partial charge >= 0.3 is 11.9 Å². The molecule has 126 valence electrons. The van der Waals surface area contributed by atoms with E-state index in [0.717, 1.165) is 0 Å². The topological polar surface area (TPSA) is 83.9 Å². The van der Waals surface area contributed by atoms with E-state index in [-0.39, 0.29) is 30.0 Å². The van der Waals surface area contributed by atoms with Crippen molar-refractivity contribution in [2.75, 3.05) is 13.6 Å². The van der Waals surface area contributed by atoms with Crippen molar-refractivity contribution in [3.63, 3.8) is 0 Å². The lowest BCUT2D eigenvalue weighted by Crippen LogP contribution is -2.31. The minimum absolute atomic E-state index is 0.0169. The molecule has 0 aliphatic heterocycles. The largest absolute Gasteiger partial charge is 0.478 e. The number of carbonyl (C=O) groups excluding carboxylic acids is 2. The van der Waals surface area contributed by atoms with Gasteiger partial charge in [0.05, 0.1) is 12.0 Å². The molecule has 0 spiro atoms. The second-order valence-electron chi connectivity index (χ2n) is 6.10. The summed E-state index contributed by atoms with van der Waals surface area (Å²) in [6.45, 7) is 5.50. The van der Waals surface area contributed by atoms with Crippen LogP contribution in [-0.2, 0) is 9.53 Å². The molecule has 0 bridgehead atoms. The van der Waals surface area contributed by atoms with Crippen molar-refractivity contribution in [2.45, 2.75) is 32.8 Å². The summed E-state index contributed by atoms with van der Waals surface area (Å²) in [5.74, 6) is -1.87. The zero-order valence-electron chi connectivity index (χ0n) is 13.6. The number of carboxylic acid groups (broad SMARTS) is 1. The van der Waals surface area contributed by atoms with E-state index < -0.39 is 17.5 Å². The molecule has 1 aromatic carbocycles. The van der Waals surface area contributed by atoms with E-state index in [1.807, 2.05) is 0 Å². The molecule has 0 unspecified atom stereocenters. The van der Waals surface area contributed by atoms with Gasteiger partial charge in [-0.3, -0.25) is 9.59 Å². The van der Waals surface area contributed by atoms with Crippen LogP contribution in [0.4, 0.5) is 0 Å². The Balaban J connectivity index is 2.74. The lowest BCUT2D eigenvalue weighted by atomic mass is 10.1. The normalized spacial score (nSPS) is 11.0. The fourth-order valence-corrected chi connectivity index (χ4v) is 2.30. The van der Waals surface area contributed by atoms with Crippen molar-refractivity contribution in [1.29, 1.82) is 0 Å². The van der Waals surface area contributed by atoms with Crippen LogP contribution >= 0.6 is 15.9 Å². The Labute approximate surface area is 143 Å². The average Bonchev–Trinajstić information content (AvgIpc) is 2.41. The average molecular weight is 386 g/mol. The first-order valence-electron chi connectivity index (χ1n) is 7.01. The van der Waals surface area contributed by atoms with Crippen LogP contribution in [0.25, 0.3) is 0 Å². The van der Waals surface area contributed by atoms with Crippen LogP contribution in [0, 0.1) is 0 Å². The standard InChI is InChI=1S/C16H20BrNO5/c1-16(2,3)23-13(19)5-6-18(4)14(20)10-7-11(15(21)22)9-12(17)8-10/h7-9H,5-6H2,1-4H3,(H,21,22). The predicted molar refractivity (Wildman–Crippen MR) is 88.5 cm³/mol. The van der Waals surface area contributed by atoms with Gasteiger partial charge in [0.2, 0.25) is 0 Å². The van der Waals surface area contributed by atoms with Crippen LogP contribution in [0.3, 0.4) is 0 Å². The van der Waals surface area contributed by atoms with E-state index in [4.69, 9.17) is 9.84 Å². The van der Waals surface area contributed by atoms with E-state index in [1.54, 1.807) is 33.9 Å². The van der Waals surface area contributed by atoms with E-state index in [0.29, 0.717) is 4.47 Å². The second kappa shape index (κ2) is 7.59. The van der Waals surface area contributed by atoms with Gasteiger partial charge in [-0.2, -0.15) is 0 Å². The molecule has 0 aliphatic carbocycles. The van der Waals surface area contributed by atoms with Crippen LogP contribution in [0.15, 0.2) is 22.7 Å². The molecule has 0 heterocycles. The van der Waals surface area contributed by atoms with Crippen molar-refractivity contribution in [3.8, 4) is 0 Å². The third-order valence-electron chi connectivity index (χ3n) is 2.81. The highest BCUT2D eigenvalue weighted by atomic mass is 79.9. The van der Waals surface area contributed by atoms with Crippen molar-refractivity contribution < 1.29 is 24.2 Å². The number of ether oxygens (including phenoxy) is 1. The molecule has 0 saturated heterocycles. The minimum Gasteiger partial charge on any atom is -0.478 e. The lowest BCUT2D eigenvalue weighted by molar-refractivity contribution is -0.154. The smallest absolute Gasteiger partial charge is 0.335 e. The Kier molecular flexibility index (Phi) is 6.32. The number of esters is 1. The quantitative estimate of drug-likeness (QED) is 0.787. The van der Waals surface area contributed by atoms with Crippen LogP contribution in [-0.4, -0.2) is 47.0 Å². The maximum atomic E-state index is 12.3. The highest BCUT2D eigenvalue weighted by Gasteiger charge is 2.19. The number of benzene rings is 1. The minimum atomic E-state index is -1.11. The van der Waals surface area contributed by atoms with Crippen LogP contribution in [0.5, 0.6) is 0 Å². The van der Waals surface area contributed by atoms with Crippen molar-refractivity contribution in [2.24, 2.45) is 0 Å². The molecular formula is C16H20BrNO5. The summed E-state index contributed by atoms with van der Waals surface area (Å²) >= 11 is 3.19. The number of carboxylic acids is 1. The zero-order valence-corrected chi connectivity index (χ0v) is 15.1. The van der Waals surface area contributed by atoms with Crippen LogP contribution < -0.4 is 0 Å². The number of carbonyl (C=O) groups is 3. The molecule has 0 saturated carbocycles. The third-order valence-corrected chi connectivity index (χ3v) is 3.27. The predicted octanol–water partition coefficient (Wildman–Crippen LogP) is 2.95. The summed E-state index contributed by atoms with van der Waals surface area (Å²) in [5.41, 5.74) is -0.313. The second-order valence-corrected chi connectivity index (χ2v) is 7.01. The summed E-state index contributed by atoms with van der Waals surface area (Å²) in [4.78, 5) is 36.4. The van der Waals surface area contributed by atoms with Crippen molar-refractivity contribution >= 4 is 33.8 Å². The number of nitrogens with zero attached hydrogens (tertiary/aromatic N) is 1. The monoisotopic (exact) mass is 385 g/mol. The van der Waals surface area contributed by atoms with Gasteiger partial charge in [0.25, 0.3) is 5.91 Å². The van der Waals surface area contributed by atoms with E-state index in [9.17, 15) is 14.4 Å². The number of rotatable bonds is 5. The summed E-state index contributed by atoms with van der Waals surface area (Å²) in [6.07, 6.45) is 0.0688. The molecule has 0 atom stereocenters. The first kappa shape index (κ1) is 19.2. The highest BCUT2D eigenvalue weighted by molar-refractivity contribution is 9.10. The molecule has 0 aliphatic rings. The summed E-state index contributed by atoms with van der Waals surface area (Å²) in [7, 11) is 1.55. The molecule has 1 rings (SSSR count). The third kappa shape index (κ3) is 6.40. The van der Waals surface area contributed by atoms with Gasteiger partial charge < -0.3 is 14.7 Å². The molecule has 0 fully saturated rings. The number of hydrogen-bond donors (Lipinski definition) is 1. The van der Waals surface area contributed by atoms with Gasteiger partial charge in [0.15, 0.2) is 0 Å². The van der Waals surface area contributed by atoms with E-state index in [2.05, 4.69) is 15.9 Å². The van der Waals surface area contributed by atoms with Gasteiger partial charge in [-0.05, 0) is 39.0 Å². The maximum Gasteiger partial charge on any atom is 0.335 e. The van der Waals surface area contributed by atoms with Crippen LogP contribution in [0.2, 0.25) is 0 Å². The Morgan fingerprint density at radius 2 is 1.74 bits per heavy atom. The lowest BCUT2D eigenvalue weighted by Gasteiger charge is -2.21. The fourth-order valence-electron chi connectivity index (χ4n) is 1.81. The van der Waals surface area contributed by atoms with Gasteiger partial charge in [0, 0.05) is 23.6 Å². The fraction of sp³-hybridized carbons (Fsp3) is 0.438. The summed E-state index contributed by atoms with van der Waals surface area (Å²) in [5, 5.41) is 9.03. The molecule has 7 heteroatoms. The molecule has 1 aromatic rings. The highest BCUT2D eigenvalue weighted by Crippen LogP contribution is 2.17. The Hall–Kier alpha value is -1.89. The summed E-state index contributed by atoms with van der Waals surface area (Å²) in [6, 6.07) is 4.26. The first-order chi connectivity index (χ1) is 10.5. The number of halogens is 1. The SMILES string of the molecule is CN(CCC(=O)OC(C)(C)C)C(=O)c1cc(Br)cc(C(=O)O)c1. The van der Waals surface area contributed by atoms with Crippen LogP contribution in [0.1, 0.15) is 47.9 Å². The molecule has 23 heavy (non-hydrogen) atoms. The number of amides is 1. The van der Waals surface area contributed by atoms with E-state index in [1.165, 1.54) is 17.0 Å². The number of hydrogen-bond acceptors (Lipinski definition) is 4. The molecule has 0 aromatic heterocycles. The molecule has 1 N–H and O–H groups in total. The summed E-state index contributed by atoms with van der Waals surface area (Å²) < 4.78 is 5.68. The van der Waals surface area contributed by atoms with Crippen molar-refractivity contribution in [1.82, 2.24) is 4.90 Å². The van der Waals surface area contributed by atoms with Gasteiger partial charge in [-0.25, -0.2) is 4.79 Å². The molecular weight excluding hydrogens is 366 g/mol.